The lowest BCUT2D eigenvalue weighted by Crippen LogP contribution is -2.35. The summed E-state index contributed by atoms with van der Waals surface area (Å²) in [7, 11) is 4.03. The Kier molecular flexibility index (Phi) is 4.83. The van der Waals surface area contributed by atoms with Gasteiger partial charge in [-0.15, -0.1) is 0 Å². The van der Waals surface area contributed by atoms with Gasteiger partial charge in [-0.3, -0.25) is 10.1 Å². The summed E-state index contributed by atoms with van der Waals surface area (Å²) in [5.74, 6) is 0.579. The van der Waals surface area contributed by atoms with Crippen LogP contribution in [0.4, 0.5) is 11.4 Å². The minimum atomic E-state index is -0.400. The van der Waals surface area contributed by atoms with Crippen molar-refractivity contribution in [2.45, 2.75) is 12.8 Å². The molecule has 0 radical (unpaired) electrons. The Morgan fingerprint density at radius 3 is 2.70 bits per heavy atom. The van der Waals surface area contributed by atoms with Crippen molar-refractivity contribution in [3.05, 3.63) is 33.3 Å². The number of nitro groups is 1. The van der Waals surface area contributed by atoms with Gasteiger partial charge in [0, 0.05) is 13.6 Å². The Balaban J connectivity index is 2.11. The standard InChI is InChI=1S/C14H20ClN3O2/c1-16-8-6-11(7-9-16)10-17(2)13-5-3-4-12(15)14(13)18(19)20/h3-5,11H,6-10H2,1-2H3. The fourth-order valence-corrected chi connectivity index (χ4v) is 2.96. The zero-order chi connectivity index (χ0) is 14.7. The van der Waals surface area contributed by atoms with Gasteiger partial charge in [0.05, 0.1) is 4.92 Å². The van der Waals surface area contributed by atoms with Crippen molar-refractivity contribution in [3.63, 3.8) is 0 Å². The molecule has 2 rings (SSSR count). The second-order valence-corrected chi connectivity index (χ2v) is 5.90. The van der Waals surface area contributed by atoms with E-state index in [-0.39, 0.29) is 10.7 Å². The highest BCUT2D eigenvalue weighted by molar-refractivity contribution is 6.33. The fraction of sp³-hybridized carbons (Fsp3) is 0.571. The molecule has 1 aromatic carbocycles. The average Bonchev–Trinajstić information content (AvgIpc) is 2.40. The van der Waals surface area contributed by atoms with Crippen LogP contribution in [0.15, 0.2) is 18.2 Å². The van der Waals surface area contributed by atoms with Crippen LogP contribution in [0, 0.1) is 16.0 Å². The van der Waals surface area contributed by atoms with Gasteiger partial charge < -0.3 is 9.80 Å². The van der Waals surface area contributed by atoms with Crippen molar-refractivity contribution in [2.75, 3.05) is 38.6 Å². The topological polar surface area (TPSA) is 49.6 Å². The van der Waals surface area contributed by atoms with E-state index in [0.29, 0.717) is 11.6 Å². The maximum atomic E-state index is 11.2. The third kappa shape index (κ3) is 3.41. The Morgan fingerprint density at radius 2 is 2.10 bits per heavy atom. The number of rotatable bonds is 4. The highest BCUT2D eigenvalue weighted by atomic mass is 35.5. The molecule has 1 saturated heterocycles. The summed E-state index contributed by atoms with van der Waals surface area (Å²) in [5, 5.41) is 11.4. The smallest absolute Gasteiger partial charge is 0.310 e. The predicted molar refractivity (Wildman–Crippen MR) is 81.6 cm³/mol. The average molecular weight is 298 g/mol. The second-order valence-electron chi connectivity index (χ2n) is 5.49. The monoisotopic (exact) mass is 297 g/mol. The predicted octanol–water partition coefficient (Wildman–Crippen LogP) is 3.03. The molecule has 20 heavy (non-hydrogen) atoms. The molecule has 5 nitrogen and oxygen atoms in total. The van der Waals surface area contributed by atoms with Crippen LogP contribution in [0.2, 0.25) is 5.02 Å². The number of hydrogen-bond acceptors (Lipinski definition) is 4. The molecule has 0 amide bonds. The summed E-state index contributed by atoms with van der Waals surface area (Å²) in [4.78, 5) is 15.0. The lowest BCUT2D eigenvalue weighted by molar-refractivity contribution is -0.384. The summed E-state index contributed by atoms with van der Waals surface area (Å²) in [5.41, 5.74) is 0.603. The molecular weight excluding hydrogens is 278 g/mol. The Hall–Kier alpha value is -1.33. The first-order valence-electron chi connectivity index (χ1n) is 6.81. The maximum absolute atomic E-state index is 11.2. The van der Waals surface area contributed by atoms with Gasteiger partial charge in [-0.2, -0.15) is 0 Å². The van der Waals surface area contributed by atoms with Crippen molar-refractivity contribution in [3.8, 4) is 0 Å². The molecule has 0 aliphatic carbocycles. The van der Waals surface area contributed by atoms with Gasteiger partial charge in [0.25, 0.3) is 0 Å². The van der Waals surface area contributed by atoms with Gasteiger partial charge in [0.1, 0.15) is 10.7 Å². The van der Waals surface area contributed by atoms with E-state index in [4.69, 9.17) is 11.6 Å². The van der Waals surface area contributed by atoms with Crippen LogP contribution in [-0.2, 0) is 0 Å². The molecule has 0 N–H and O–H groups in total. The number of benzene rings is 1. The Bertz CT molecular complexity index is 487. The fourth-order valence-electron chi connectivity index (χ4n) is 2.72. The highest BCUT2D eigenvalue weighted by Crippen LogP contribution is 2.35. The van der Waals surface area contributed by atoms with E-state index in [1.807, 2.05) is 11.9 Å². The summed E-state index contributed by atoms with van der Waals surface area (Å²) in [6, 6.07) is 5.08. The van der Waals surface area contributed by atoms with Crippen molar-refractivity contribution in [2.24, 2.45) is 5.92 Å². The van der Waals surface area contributed by atoms with Crippen molar-refractivity contribution in [1.29, 1.82) is 0 Å². The summed E-state index contributed by atoms with van der Waals surface area (Å²) < 4.78 is 0. The van der Waals surface area contributed by atoms with E-state index < -0.39 is 4.92 Å². The molecule has 1 fully saturated rings. The van der Waals surface area contributed by atoms with Gasteiger partial charge in [0.15, 0.2) is 0 Å². The first kappa shape index (κ1) is 15.1. The molecule has 110 valence electrons. The molecule has 1 heterocycles. The zero-order valence-corrected chi connectivity index (χ0v) is 12.6. The number of para-hydroxylation sites is 1. The first-order valence-corrected chi connectivity index (χ1v) is 7.19. The van der Waals surface area contributed by atoms with E-state index in [2.05, 4.69) is 11.9 Å². The van der Waals surface area contributed by atoms with Crippen LogP contribution in [0.5, 0.6) is 0 Å². The molecule has 1 aliphatic rings. The third-order valence-electron chi connectivity index (χ3n) is 3.93. The van der Waals surface area contributed by atoms with E-state index in [1.165, 1.54) is 0 Å². The largest absolute Gasteiger partial charge is 0.369 e. The Morgan fingerprint density at radius 1 is 1.45 bits per heavy atom. The van der Waals surface area contributed by atoms with Crippen molar-refractivity contribution < 1.29 is 4.92 Å². The van der Waals surface area contributed by atoms with Gasteiger partial charge in [0.2, 0.25) is 0 Å². The number of anilines is 1. The number of likely N-dealkylation sites (tertiary alicyclic amines) is 1. The highest BCUT2D eigenvalue weighted by Gasteiger charge is 2.24. The Labute approximate surface area is 124 Å². The quantitative estimate of drug-likeness (QED) is 0.633. The van der Waals surface area contributed by atoms with Crippen LogP contribution in [0.3, 0.4) is 0 Å². The van der Waals surface area contributed by atoms with E-state index in [1.54, 1.807) is 18.2 Å². The van der Waals surface area contributed by atoms with Crippen LogP contribution in [0.1, 0.15) is 12.8 Å². The number of hydrogen-bond donors (Lipinski definition) is 0. The van der Waals surface area contributed by atoms with Gasteiger partial charge in [-0.05, 0) is 51.0 Å². The van der Waals surface area contributed by atoms with Gasteiger partial charge in [-0.1, -0.05) is 17.7 Å². The minimum absolute atomic E-state index is 0.00425. The molecule has 0 spiro atoms. The maximum Gasteiger partial charge on any atom is 0.310 e. The molecule has 0 saturated carbocycles. The lowest BCUT2D eigenvalue weighted by atomic mass is 9.96. The lowest BCUT2D eigenvalue weighted by Gasteiger charge is -2.32. The van der Waals surface area contributed by atoms with Crippen molar-refractivity contribution in [1.82, 2.24) is 4.90 Å². The normalized spacial score (nSPS) is 17.1. The zero-order valence-electron chi connectivity index (χ0n) is 11.9. The molecule has 1 aliphatic heterocycles. The van der Waals surface area contributed by atoms with Crippen LogP contribution in [-0.4, -0.2) is 43.6 Å². The molecule has 0 aromatic heterocycles. The number of halogens is 1. The first-order chi connectivity index (χ1) is 9.49. The second kappa shape index (κ2) is 6.41. The van der Waals surface area contributed by atoms with E-state index in [0.717, 1.165) is 32.5 Å². The van der Waals surface area contributed by atoms with Crippen LogP contribution in [0.25, 0.3) is 0 Å². The number of nitrogens with zero attached hydrogens (tertiary/aromatic N) is 3. The number of nitro benzene ring substituents is 1. The number of piperidine rings is 1. The van der Waals surface area contributed by atoms with Gasteiger partial charge >= 0.3 is 5.69 Å². The van der Waals surface area contributed by atoms with Crippen molar-refractivity contribution >= 4 is 23.0 Å². The van der Waals surface area contributed by atoms with Gasteiger partial charge in [-0.25, -0.2) is 0 Å². The van der Waals surface area contributed by atoms with E-state index >= 15 is 0 Å². The minimum Gasteiger partial charge on any atom is -0.369 e. The molecule has 0 atom stereocenters. The van der Waals surface area contributed by atoms with Crippen LogP contribution < -0.4 is 4.90 Å². The SMILES string of the molecule is CN1CCC(CN(C)c2cccc(Cl)c2[N+](=O)[O-])CC1. The van der Waals surface area contributed by atoms with E-state index in [9.17, 15) is 10.1 Å². The van der Waals surface area contributed by atoms with Crippen LogP contribution >= 0.6 is 11.6 Å². The molecule has 6 heteroatoms. The third-order valence-corrected chi connectivity index (χ3v) is 4.23. The summed E-state index contributed by atoms with van der Waals surface area (Å²) >= 11 is 5.96. The molecule has 0 bridgehead atoms. The molecule has 1 aromatic rings. The molecule has 0 unspecified atom stereocenters. The summed E-state index contributed by atoms with van der Waals surface area (Å²) in [6.45, 7) is 3.02. The molecular formula is C14H20ClN3O2. The summed E-state index contributed by atoms with van der Waals surface area (Å²) in [6.07, 6.45) is 2.27.